The molecule has 1 saturated heterocycles. The van der Waals surface area contributed by atoms with Crippen molar-refractivity contribution in [1.82, 2.24) is 4.90 Å². The lowest BCUT2D eigenvalue weighted by atomic mass is 10.1. The first kappa shape index (κ1) is 24.0. The first-order valence-corrected chi connectivity index (χ1v) is 12.3. The molecule has 0 aromatic heterocycles. The number of benzene rings is 2. The Morgan fingerprint density at radius 3 is 2.58 bits per heavy atom. The summed E-state index contributed by atoms with van der Waals surface area (Å²) in [5.74, 6) is 0.448. The highest BCUT2D eigenvalue weighted by atomic mass is 127. The molecule has 0 spiro atoms. The Bertz CT molecular complexity index is 1060. The van der Waals surface area contributed by atoms with Crippen LogP contribution in [-0.4, -0.2) is 36.3 Å². The number of imide groups is 1. The molecule has 160 valence electrons. The SMILES string of the molecule is COCCCN1C(=O)S/C(=C/c2cc(I)c(OCc3ccccc3C#N)c(I)c2)C1=O. The topological polar surface area (TPSA) is 79.6 Å². The van der Waals surface area contributed by atoms with E-state index in [0.29, 0.717) is 30.0 Å². The van der Waals surface area contributed by atoms with Gasteiger partial charge in [-0.05, 0) is 93.2 Å². The fourth-order valence-corrected chi connectivity index (χ4v) is 5.91. The van der Waals surface area contributed by atoms with E-state index in [1.165, 1.54) is 4.90 Å². The van der Waals surface area contributed by atoms with Crippen molar-refractivity contribution in [2.24, 2.45) is 0 Å². The van der Waals surface area contributed by atoms with Crippen molar-refractivity contribution in [3.05, 3.63) is 65.1 Å². The van der Waals surface area contributed by atoms with E-state index in [9.17, 15) is 14.9 Å². The molecule has 1 aliphatic rings. The number of nitrogens with zero attached hydrogens (tertiary/aromatic N) is 2. The summed E-state index contributed by atoms with van der Waals surface area (Å²) >= 11 is 5.33. The first-order valence-electron chi connectivity index (χ1n) is 9.28. The van der Waals surface area contributed by atoms with E-state index in [4.69, 9.17) is 9.47 Å². The normalized spacial score (nSPS) is 14.9. The minimum Gasteiger partial charge on any atom is -0.487 e. The van der Waals surface area contributed by atoms with E-state index in [1.54, 1.807) is 19.3 Å². The van der Waals surface area contributed by atoms with Gasteiger partial charge in [0.1, 0.15) is 12.4 Å². The van der Waals surface area contributed by atoms with Crippen molar-refractivity contribution < 1.29 is 19.1 Å². The second kappa shape index (κ2) is 11.3. The van der Waals surface area contributed by atoms with Crippen LogP contribution in [0.25, 0.3) is 6.08 Å². The third-order valence-electron chi connectivity index (χ3n) is 4.43. The molecular formula is C22H18I2N2O4S. The Kier molecular flexibility index (Phi) is 8.76. The summed E-state index contributed by atoms with van der Waals surface area (Å²) in [5, 5.41) is 8.98. The van der Waals surface area contributed by atoms with Crippen LogP contribution >= 0.6 is 56.9 Å². The van der Waals surface area contributed by atoms with Gasteiger partial charge in [-0.25, -0.2) is 0 Å². The largest absolute Gasteiger partial charge is 0.487 e. The van der Waals surface area contributed by atoms with Gasteiger partial charge in [-0.1, -0.05) is 18.2 Å². The van der Waals surface area contributed by atoms with Gasteiger partial charge in [-0.15, -0.1) is 0 Å². The van der Waals surface area contributed by atoms with Crippen LogP contribution in [0.2, 0.25) is 0 Å². The van der Waals surface area contributed by atoms with Gasteiger partial charge in [0, 0.05) is 25.8 Å². The highest BCUT2D eigenvalue weighted by Gasteiger charge is 2.34. The standard InChI is InChI=1S/C22H18I2N2O4S/c1-29-8-4-7-26-21(27)19(31-22(26)28)11-14-9-17(23)20(18(24)10-14)30-13-16-6-3-2-5-15(16)12-25/h2-3,5-6,9-11H,4,7-8,13H2,1H3/b19-11+. The van der Waals surface area contributed by atoms with Crippen LogP contribution < -0.4 is 4.74 Å². The Hall–Kier alpha value is -1.62. The predicted molar refractivity (Wildman–Crippen MR) is 137 cm³/mol. The Balaban J connectivity index is 1.75. The molecule has 0 bridgehead atoms. The summed E-state index contributed by atoms with van der Waals surface area (Å²) in [6.07, 6.45) is 2.35. The smallest absolute Gasteiger partial charge is 0.293 e. The molecule has 3 rings (SSSR count). The Morgan fingerprint density at radius 1 is 1.19 bits per heavy atom. The maximum absolute atomic E-state index is 12.6. The zero-order valence-corrected chi connectivity index (χ0v) is 21.7. The number of methoxy groups -OCH3 is 1. The van der Waals surface area contributed by atoms with Crippen molar-refractivity contribution >= 4 is 74.2 Å². The average Bonchev–Trinajstić information content (AvgIpc) is 3.01. The summed E-state index contributed by atoms with van der Waals surface area (Å²) in [5.41, 5.74) is 2.23. The van der Waals surface area contributed by atoms with E-state index in [1.807, 2.05) is 30.3 Å². The third kappa shape index (κ3) is 6.00. The molecule has 1 fully saturated rings. The maximum atomic E-state index is 12.6. The molecule has 2 amide bonds. The lowest BCUT2D eigenvalue weighted by Gasteiger charge is -2.13. The molecule has 9 heteroatoms. The number of carbonyl (C=O) groups is 2. The quantitative estimate of drug-likeness (QED) is 0.214. The van der Waals surface area contributed by atoms with Crippen LogP contribution in [0.4, 0.5) is 4.79 Å². The number of rotatable bonds is 8. The van der Waals surface area contributed by atoms with E-state index < -0.39 is 0 Å². The second-order valence-corrected chi connectivity index (χ2v) is 9.87. The summed E-state index contributed by atoms with van der Waals surface area (Å²) in [6, 6.07) is 13.3. The van der Waals surface area contributed by atoms with Crippen LogP contribution in [0.1, 0.15) is 23.1 Å². The summed E-state index contributed by atoms with van der Waals surface area (Å²) in [4.78, 5) is 26.4. The van der Waals surface area contributed by atoms with Crippen LogP contribution in [0.5, 0.6) is 5.75 Å². The van der Waals surface area contributed by atoms with Gasteiger partial charge in [0.2, 0.25) is 0 Å². The van der Waals surface area contributed by atoms with E-state index in [-0.39, 0.29) is 17.8 Å². The van der Waals surface area contributed by atoms with E-state index in [0.717, 1.165) is 35.8 Å². The monoisotopic (exact) mass is 660 g/mol. The number of thioether (sulfide) groups is 1. The van der Waals surface area contributed by atoms with Crippen LogP contribution in [0.3, 0.4) is 0 Å². The number of ether oxygens (including phenoxy) is 2. The van der Waals surface area contributed by atoms with Crippen LogP contribution in [-0.2, 0) is 16.1 Å². The van der Waals surface area contributed by atoms with Gasteiger partial charge in [0.25, 0.3) is 11.1 Å². The van der Waals surface area contributed by atoms with Gasteiger partial charge in [0.15, 0.2) is 0 Å². The molecule has 6 nitrogen and oxygen atoms in total. The molecule has 0 N–H and O–H groups in total. The Morgan fingerprint density at radius 2 is 1.90 bits per heavy atom. The van der Waals surface area contributed by atoms with Crippen molar-refractivity contribution in [2.45, 2.75) is 13.0 Å². The molecule has 1 heterocycles. The number of hydrogen-bond donors (Lipinski definition) is 0. The lowest BCUT2D eigenvalue weighted by molar-refractivity contribution is -0.122. The second-order valence-electron chi connectivity index (χ2n) is 6.55. The van der Waals surface area contributed by atoms with Gasteiger partial charge < -0.3 is 9.47 Å². The first-order chi connectivity index (χ1) is 14.9. The molecule has 2 aromatic carbocycles. The van der Waals surface area contributed by atoms with Gasteiger partial charge >= 0.3 is 0 Å². The van der Waals surface area contributed by atoms with Gasteiger partial charge in [-0.3, -0.25) is 14.5 Å². The number of hydrogen-bond acceptors (Lipinski definition) is 6. The highest BCUT2D eigenvalue weighted by Crippen LogP contribution is 2.35. The predicted octanol–water partition coefficient (Wildman–Crippen LogP) is 5.42. The van der Waals surface area contributed by atoms with Crippen molar-refractivity contribution in [2.75, 3.05) is 20.3 Å². The summed E-state index contributed by atoms with van der Waals surface area (Å²) in [6.45, 7) is 1.13. The number of halogens is 2. The summed E-state index contributed by atoms with van der Waals surface area (Å²) in [7, 11) is 1.59. The molecule has 0 aliphatic carbocycles. The van der Waals surface area contributed by atoms with E-state index in [2.05, 4.69) is 51.3 Å². The minimum atomic E-state index is -0.274. The van der Waals surface area contributed by atoms with Crippen molar-refractivity contribution in [1.29, 1.82) is 5.26 Å². The molecule has 1 aliphatic heterocycles. The van der Waals surface area contributed by atoms with Gasteiger partial charge in [0.05, 0.1) is 23.7 Å². The van der Waals surface area contributed by atoms with Gasteiger partial charge in [-0.2, -0.15) is 5.26 Å². The Labute approximate surface area is 212 Å². The number of nitriles is 1. The number of amides is 2. The fourth-order valence-electron chi connectivity index (χ4n) is 2.92. The maximum Gasteiger partial charge on any atom is 0.293 e. The minimum absolute atomic E-state index is 0.257. The zero-order chi connectivity index (χ0) is 22.4. The zero-order valence-electron chi connectivity index (χ0n) is 16.6. The third-order valence-corrected chi connectivity index (χ3v) is 6.94. The fraction of sp³-hybridized carbons (Fsp3) is 0.227. The van der Waals surface area contributed by atoms with Crippen molar-refractivity contribution in [3.8, 4) is 11.8 Å². The van der Waals surface area contributed by atoms with Crippen molar-refractivity contribution in [3.63, 3.8) is 0 Å². The molecular weight excluding hydrogens is 642 g/mol. The number of carbonyl (C=O) groups excluding carboxylic acids is 2. The molecule has 2 aromatic rings. The molecule has 0 unspecified atom stereocenters. The molecule has 0 saturated carbocycles. The van der Waals surface area contributed by atoms with E-state index >= 15 is 0 Å². The molecule has 0 radical (unpaired) electrons. The molecule has 31 heavy (non-hydrogen) atoms. The van der Waals surface area contributed by atoms with Crippen LogP contribution in [0, 0.1) is 18.5 Å². The molecule has 0 atom stereocenters. The highest BCUT2D eigenvalue weighted by molar-refractivity contribution is 14.1. The average molecular weight is 660 g/mol. The lowest BCUT2D eigenvalue weighted by Crippen LogP contribution is -2.29. The summed E-state index contributed by atoms with van der Waals surface area (Å²) < 4.78 is 12.7. The van der Waals surface area contributed by atoms with Crippen LogP contribution in [0.15, 0.2) is 41.3 Å².